The van der Waals surface area contributed by atoms with Gasteiger partial charge in [-0.15, -0.1) is 0 Å². The van der Waals surface area contributed by atoms with E-state index in [1.807, 2.05) is 12.1 Å². The van der Waals surface area contributed by atoms with Crippen LogP contribution in [0.3, 0.4) is 0 Å². The maximum atomic E-state index is 14.0. The third-order valence-electron chi connectivity index (χ3n) is 6.13. The number of likely N-dealkylation sites (tertiary alicyclic amines) is 1. The van der Waals surface area contributed by atoms with Crippen LogP contribution in [0.5, 0.6) is 0 Å². The van der Waals surface area contributed by atoms with Gasteiger partial charge < -0.3 is 19.9 Å². The normalized spacial score (nSPS) is 15.9. The molecule has 1 N–H and O–H groups in total. The van der Waals surface area contributed by atoms with E-state index in [1.54, 1.807) is 12.1 Å². The molecule has 0 radical (unpaired) electrons. The molecule has 2 aliphatic rings. The molecule has 0 bridgehead atoms. The summed E-state index contributed by atoms with van der Waals surface area (Å²) in [5, 5.41) is 2.71. The van der Waals surface area contributed by atoms with E-state index in [1.165, 1.54) is 16.9 Å². The first kappa shape index (κ1) is 22.6. The van der Waals surface area contributed by atoms with E-state index >= 15 is 0 Å². The molecular formula is C23H22F3N3O4. The lowest BCUT2D eigenvalue weighted by Crippen LogP contribution is -2.42. The number of halogens is 3. The number of fused-ring (bicyclic) bond motifs is 1. The number of carbonyl (C=O) groups excluding carboxylic acids is 3. The van der Waals surface area contributed by atoms with Crippen LogP contribution in [0.2, 0.25) is 0 Å². The molecule has 4 rings (SSSR count). The van der Waals surface area contributed by atoms with Crippen molar-refractivity contribution in [2.24, 2.45) is 0 Å². The Labute approximate surface area is 188 Å². The summed E-state index contributed by atoms with van der Waals surface area (Å²) < 4.78 is 45.3. The number of carbonyl (C=O) groups is 3. The number of urea groups is 1. The summed E-state index contributed by atoms with van der Waals surface area (Å²) in [6.45, 7) is 0.732. The van der Waals surface area contributed by atoms with E-state index in [9.17, 15) is 27.6 Å². The number of piperidine rings is 1. The van der Waals surface area contributed by atoms with E-state index in [0.717, 1.165) is 11.6 Å². The molecule has 10 heteroatoms. The highest BCUT2D eigenvalue weighted by molar-refractivity contribution is 6.32. The van der Waals surface area contributed by atoms with Gasteiger partial charge in [-0.05, 0) is 48.1 Å². The lowest BCUT2D eigenvalue weighted by molar-refractivity contribution is -0.158. The van der Waals surface area contributed by atoms with Gasteiger partial charge in [0.25, 0.3) is 0 Å². The second kappa shape index (κ2) is 9.13. The number of hydrogen-bond acceptors (Lipinski definition) is 4. The first-order valence-corrected chi connectivity index (χ1v) is 10.5. The Morgan fingerprint density at radius 3 is 2.27 bits per heavy atom. The Bertz CT molecular complexity index is 1100. The van der Waals surface area contributed by atoms with Gasteiger partial charge in [-0.25, -0.2) is 22.8 Å². The van der Waals surface area contributed by atoms with Gasteiger partial charge in [0.05, 0.1) is 13.7 Å². The largest absolute Gasteiger partial charge is 0.462 e. The molecule has 2 aromatic carbocycles. The fourth-order valence-corrected chi connectivity index (χ4v) is 4.26. The summed E-state index contributed by atoms with van der Waals surface area (Å²) in [6.07, 6.45) is 1.39. The average Bonchev–Trinajstić information content (AvgIpc) is 3.26. The molecule has 2 aromatic rings. The fourth-order valence-electron chi connectivity index (χ4n) is 4.26. The molecule has 0 unspecified atom stereocenters. The molecule has 1 fully saturated rings. The standard InChI is InChI=1S/C23H22F3N3O4/c1-33-22(31)21(30)28-8-6-14(7-9-28)13-2-4-16(5-3-13)27-23(32)29-11-15-10-18(24)20(26)19(25)17(15)12-29/h2-5,10,14H,6-9,11-12H2,1H3,(H,27,32). The maximum Gasteiger partial charge on any atom is 0.396 e. The number of anilines is 1. The van der Waals surface area contributed by atoms with Crippen molar-refractivity contribution >= 4 is 23.6 Å². The second-order valence-electron chi connectivity index (χ2n) is 8.09. The number of ether oxygens (including phenoxy) is 1. The van der Waals surface area contributed by atoms with Crippen molar-refractivity contribution in [2.45, 2.75) is 31.8 Å². The molecule has 0 aliphatic carbocycles. The molecule has 0 aromatic heterocycles. The van der Waals surface area contributed by atoms with Gasteiger partial charge in [-0.2, -0.15) is 0 Å². The molecule has 174 valence electrons. The topological polar surface area (TPSA) is 79.0 Å². The van der Waals surface area contributed by atoms with Crippen LogP contribution in [-0.2, 0) is 27.4 Å². The zero-order valence-corrected chi connectivity index (χ0v) is 17.9. The van der Waals surface area contributed by atoms with Crippen LogP contribution in [0.25, 0.3) is 0 Å². The van der Waals surface area contributed by atoms with Crippen LogP contribution in [0.1, 0.15) is 35.4 Å². The molecule has 33 heavy (non-hydrogen) atoms. The summed E-state index contributed by atoms with van der Waals surface area (Å²) in [6, 6.07) is 7.64. The van der Waals surface area contributed by atoms with Crippen molar-refractivity contribution in [1.82, 2.24) is 9.80 Å². The van der Waals surface area contributed by atoms with E-state index in [-0.39, 0.29) is 30.1 Å². The Morgan fingerprint density at radius 1 is 0.970 bits per heavy atom. The number of amides is 3. The predicted molar refractivity (Wildman–Crippen MR) is 112 cm³/mol. The Kier molecular flexibility index (Phi) is 6.26. The highest BCUT2D eigenvalue weighted by Crippen LogP contribution is 2.31. The highest BCUT2D eigenvalue weighted by atomic mass is 19.2. The number of nitrogens with one attached hydrogen (secondary N) is 1. The minimum Gasteiger partial charge on any atom is -0.462 e. The SMILES string of the molecule is COC(=O)C(=O)N1CCC(c2ccc(NC(=O)N3Cc4cc(F)c(F)c(F)c4C3)cc2)CC1. The first-order chi connectivity index (χ1) is 15.8. The highest BCUT2D eigenvalue weighted by Gasteiger charge is 2.30. The second-order valence-corrected chi connectivity index (χ2v) is 8.09. The number of methoxy groups -OCH3 is 1. The third kappa shape index (κ3) is 4.50. The molecule has 0 atom stereocenters. The third-order valence-corrected chi connectivity index (χ3v) is 6.13. The molecule has 7 nitrogen and oxygen atoms in total. The zero-order valence-electron chi connectivity index (χ0n) is 17.9. The van der Waals surface area contributed by atoms with Crippen molar-refractivity contribution in [3.8, 4) is 0 Å². The van der Waals surface area contributed by atoms with Crippen molar-refractivity contribution in [3.63, 3.8) is 0 Å². The van der Waals surface area contributed by atoms with Crippen LogP contribution >= 0.6 is 0 Å². The molecule has 2 heterocycles. The predicted octanol–water partition coefficient (Wildman–Crippen LogP) is 3.53. The van der Waals surface area contributed by atoms with Crippen molar-refractivity contribution < 1.29 is 32.3 Å². The minimum absolute atomic E-state index is 0.0172. The molecule has 2 aliphatic heterocycles. The van der Waals surface area contributed by atoms with Crippen LogP contribution in [0, 0.1) is 17.5 Å². The van der Waals surface area contributed by atoms with Gasteiger partial charge in [0.2, 0.25) is 0 Å². The Hall–Kier alpha value is -3.56. The lowest BCUT2D eigenvalue weighted by Gasteiger charge is -2.31. The summed E-state index contributed by atoms with van der Waals surface area (Å²) in [4.78, 5) is 38.6. The van der Waals surface area contributed by atoms with E-state index < -0.39 is 35.4 Å². The summed E-state index contributed by atoms with van der Waals surface area (Å²) in [5.74, 6) is -5.37. The van der Waals surface area contributed by atoms with Gasteiger partial charge in [0.15, 0.2) is 17.5 Å². The van der Waals surface area contributed by atoms with Crippen molar-refractivity contribution in [3.05, 3.63) is 64.5 Å². The fraction of sp³-hybridized carbons (Fsp3) is 0.348. The maximum absolute atomic E-state index is 14.0. The number of nitrogens with zero attached hydrogens (tertiary/aromatic N) is 2. The monoisotopic (exact) mass is 461 g/mol. The van der Waals surface area contributed by atoms with Crippen molar-refractivity contribution in [1.29, 1.82) is 0 Å². The average molecular weight is 461 g/mol. The van der Waals surface area contributed by atoms with Crippen molar-refractivity contribution in [2.75, 3.05) is 25.5 Å². The van der Waals surface area contributed by atoms with Gasteiger partial charge in [-0.3, -0.25) is 4.79 Å². The van der Waals surface area contributed by atoms with Gasteiger partial charge in [0, 0.05) is 30.9 Å². The van der Waals surface area contributed by atoms with Gasteiger partial charge in [0.1, 0.15) is 0 Å². The van der Waals surface area contributed by atoms with Crippen LogP contribution in [0.15, 0.2) is 30.3 Å². The smallest absolute Gasteiger partial charge is 0.396 e. The Balaban J connectivity index is 1.33. The first-order valence-electron chi connectivity index (χ1n) is 10.5. The molecule has 0 spiro atoms. The summed E-state index contributed by atoms with van der Waals surface area (Å²) in [7, 11) is 1.17. The van der Waals surface area contributed by atoms with Gasteiger partial charge in [-0.1, -0.05) is 12.1 Å². The molecule has 3 amide bonds. The van der Waals surface area contributed by atoms with Crippen LogP contribution < -0.4 is 5.32 Å². The number of esters is 1. The lowest BCUT2D eigenvalue weighted by atomic mass is 9.89. The molecule has 1 saturated heterocycles. The van der Waals surface area contributed by atoms with Crippen LogP contribution in [0.4, 0.5) is 23.7 Å². The number of benzene rings is 2. The summed E-state index contributed by atoms with van der Waals surface area (Å²) >= 11 is 0. The van der Waals surface area contributed by atoms with E-state index in [0.29, 0.717) is 31.6 Å². The minimum atomic E-state index is -1.54. The van der Waals surface area contributed by atoms with E-state index in [2.05, 4.69) is 10.1 Å². The van der Waals surface area contributed by atoms with Crippen LogP contribution in [-0.4, -0.2) is 47.9 Å². The quantitative estimate of drug-likeness (QED) is 0.422. The number of rotatable bonds is 2. The van der Waals surface area contributed by atoms with E-state index in [4.69, 9.17) is 0 Å². The molecule has 0 saturated carbocycles. The zero-order chi connectivity index (χ0) is 23.7. The molecular weight excluding hydrogens is 439 g/mol. The van der Waals surface area contributed by atoms with Gasteiger partial charge >= 0.3 is 17.9 Å². The summed E-state index contributed by atoms with van der Waals surface area (Å²) in [5.41, 5.74) is 1.79. The Morgan fingerprint density at radius 2 is 1.64 bits per heavy atom. The number of hydrogen-bond donors (Lipinski definition) is 1.